The summed E-state index contributed by atoms with van der Waals surface area (Å²) < 4.78 is 14.8. The first-order valence-electron chi connectivity index (χ1n) is 7.21. The summed E-state index contributed by atoms with van der Waals surface area (Å²) in [5.74, 6) is 0.491. The first-order valence-corrected chi connectivity index (χ1v) is 7.21. The maximum atomic E-state index is 12.2. The quantitative estimate of drug-likeness (QED) is 0.854. The Kier molecular flexibility index (Phi) is 4.10. The van der Waals surface area contributed by atoms with Crippen LogP contribution in [0.5, 0.6) is 5.75 Å². The van der Waals surface area contributed by atoms with Crippen LogP contribution in [-0.4, -0.2) is 50.6 Å². The number of carbonyl (C=O) groups is 1. The molecule has 1 aliphatic heterocycles. The molecule has 3 heterocycles. The van der Waals surface area contributed by atoms with Crippen molar-refractivity contribution in [1.29, 1.82) is 0 Å². The zero-order valence-electron chi connectivity index (χ0n) is 12.6. The van der Waals surface area contributed by atoms with Gasteiger partial charge in [-0.25, -0.2) is 4.98 Å². The summed E-state index contributed by atoms with van der Waals surface area (Å²) in [5, 5.41) is 7.10. The highest BCUT2D eigenvalue weighted by molar-refractivity contribution is 5.92. The van der Waals surface area contributed by atoms with Crippen molar-refractivity contribution in [1.82, 2.24) is 24.6 Å². The topological polar surface area (TPSA) is 83.2 Å². The highest BCUT2D eigenvalue weighted by Gasteiger charge is 2.32. The first-order chi connectivity index (χ1) is 10.7. The van der Waals surface area contributed by atoms with Crippen LogP contribution in [0.3, 0.4) is 0 Å². The molecule has 118 valence electrons. The standard InChI is InChI=1S/C14H19N5O3/c1-3-19-6-10(4-16-19)22-13-8-21-7-11(13)17-14(20)12-5-15-9-18(12)2/h4-6,9,11,13H,3,7-8H2,1-2H3,(H,17,20)/t11-,13+/m0/s1. The van der Waals surface area contributed by atoms with Crippen LogP contribution in [-0.2, 0) is 18.3 Å². The maximum Gasteiger partial charge on any atom is 0.269 e. The molecule has 8 heteroatoms. The summed E-state index contributed by atoms with van der Waals surface area (Å²) in [5.41, 5.74) is 0.504. The number of nitrogens with one attached hydrogen (secondary N) is 1. The Balaban J connectivity index is 1.63. The Labute approximate surface area is 128 Å². The van der Waals surface area contributed by atoms with Gasteiger partial charge in [0, 0.05) is 13.6 Å². The Morgan fingerprint density at radius 2 is 2.36 bits per heavy atom. The number of carbonyl (C=O) groups excluding carboxylic acids is 1. The molecule has 2 atom stereocenters. The van der Waals surface area contributed by atoms with E-state index in [0.717, 1.165) is 6.54 Å². The lowest BCUT2D eigenvalue weighted by molar-refractivity contribution is 0.0896. The van der Waals surface area contributed by atoms with Gasteiger partial charge in [-0.2, -0.15) is 5.10 Å². The molecular weight excluding hydrogens is 286 g/mol. The lowest BCUT2D eigenvalue weighted by atomic mass is 10.2. The van der Waals surface area contributed by atoms with Gasteiger partial charge in [-0.3, -0.25) is 9.48 Å². The van der Waals surface area contributed by atoms with Crippen molar-refractivity contribution in [3.63, 3.8) is 0 Å². The number of amides is 1. The van der Waals surface area contributed by atoms with Gasteiger partial charge < -0.3 is 19.4 Å². The van der Waals surface area contributed by atoms with Gasteiger partial charge in [0.15, 0.2) is 5.75 Å². The number of nitrogens with zero attached hydrogens (tertiary/aromatic N) is 4. The van der Waals surface area contributed by atoms with Gasteiger partial charge in [-0.15, -0.1) is 0 Å². The molecule has 1 N–H and O–H groups in total. The number of ether oxygens (including phenoxy) is 2. The lowest BCUT2D eigenvalue weighted by Gasteiger charge is -2.19. The van der Waals surface area contributed by atoms with E-state index in [0.29, 0.717) is 24.7 Å². The van der Waals surface area contributed by atoms with E-state index >= 15 is 0 Å². The van der Waals surface area contributed by atoms with Crippen molar-refractivity contribution < 1.29 is 14.3 Å². The molecule has 22 heavy (non-hydrogen) atoms. The summed E-state index contributed by atoms with van der Waals surface area (Å²) in [6, 6.07) is -0.202. The Morgan fingerprint density at radius 1 is 1.50 bits per heavy atom. The number of aryl methyl sites for hydroxylation is 2. The summed E-state index contributed by atoms with van der Waals surface area (Å²) in [6.07, 6.45) is 6.39. The molecule has 3 rings (SSSR count). The van der Waals surface area contributed by atoms with Crippen molar-refractivity contribution in [3.8, 4) is 5.75 Å². The van der Waals surface area contributed by atoms with Gasteiger partial charge >= 0.3 is 0 Å². The summed E-state index contributed by atoms with van der Waals surface area (Å²) in [4.78, 5) is 16.2. The van der Waals surface area contributed by atoms with Crippen LogP contribution in [0.2, 0.25) is 0 Å². The molecule has 0 aromatic carbocycles. The van der Waals surface area contributed by atoms with Crippen LogP contribution >= 0.6 is 0 Å². The molecule has 0 spiro atoms. The fourth-order valence-electron chi connectivity index (χ4n) is 2.36. The zero-order valence-corrected chi connectivity index (χ0v) is 12.6. The molecule has 0 unspecified atom stereocenters. The molecule has 0 saturated carbocycles. The van der Waals surface area contributed by atoms with E-state index in [9.17, 15) is 4.79 Å². The van der Waals surface area contributed by atoms with E-state index in [1.54, 1.807) is 28.8 Å². The third kappa shape index (κ3) is 2.96. The zero-order chi connectivity index (χ0) is 15.5. The van der Waals surface area contributed by atoms with Gasteiger partial charge in [-0.05, 0) is 6.92 Å². The Bertz CT molecular complexity index is 650. The molecule has 1 aliphatic rings. The third-order valence-corrected chi connectivity index (χ3v) is 3.62. The Hall–Kier alpha value is -2.35. The number of imidazole rings is 1. The van der Waals surface area contributed by atoms with E-state index in [1.807, 2.05) is 13.1 Å². The first kappa shape index (κ1) is 14.6. The highest BCUT2D eigenvalue weighted by Crippen LogP contribution is 2.17. The van der Waals surface area contributed by atoms with Gasteiger partial charge in [0.25, 0.3) is 5.91 Å². The molecule has 1 amide bonds. The molecule has 8 nitrogen and oxygen atoms in total. The van der Waals surface area contributed by atoms with E-state index in [4.69, 9.17) is 9.47 Å². The highest BCUT2D eigenvalue weighted by atomic mass is 16.5. The summed E-state index contributed by atoms with van der Waals surface area (Å²) >= 11 is 0. The van der Waals surface area contributed by atoms with E-state index in [-0.39, 0.29) is 18.1 Å². The second-order valence-electron chi connectivity index (χ2n) is 5.20. The van der Waals surface area contributed by atoms with Crippen molar-refractivity contribution in [3.05, 3.63) is 30.6 Å². The average Bonchev–Trinajstić information content (AvgIpc) is 3.22. The predicted octanol–water partition coefficient (Wildman–Crippen LogP) is 0.213. The number of rotatable bonds is 5. The number of hydrogen-bond donors (Lipinski definition) is 1. The van der Waals surface area contributed by atoms with Gasteiger partial charge in [0.1, 0.15) is 11.8 Å². The van der Waals surface area contributed by atoms with Gasteiger partial charge in [0.2, 0.25) is 0 Å². The Morgan fingerprint density at radius 3 is 3.05 bits per heavy atom. The SMILES string of the molecule is CCn1cc(O[C@@H]2COC[C@@H]2NC(=O)c2cncn2C)cn1. The molecule has 0 radical (unpaired) electrons. The van der Waals surface area contributed by atoms with Crippen LogP contribution in [0.25, 0.3) is 0 Å². The van der Waals surface area contributed by atoms with Crippen LogP contribution in [0.4, 0.5) is 0 Å². The van der Waals surface area contributed by atoms with E-state index < -0.39 is 0 Å². The summed E-state index contributed by atoms with van der Waals surface area (Å²) in [6.45, 7) is 3.65. The largest absolute Gasteiger partial charge is 0.482 e. The summed E-state index contributed by atoms with van der Waals surface area (Å²) in [7, 11) is 1.78. The van der Waals surface area contributed by atoms with E-state index in [1.165, 1.54) is 6.20 Å². The molecule has 0 bridgehead atoms. The van der Waals surface area contributed by atoms with Crippen molar-refractivity contribution in [2.45, 2.75) is 25.6 Å². The molecule has 2 aromatic heterocycles. The van der Waals surface area contributed by atoms with Crippen molar-refractivity contribution >= 4 is 5.91 Å². The lowest BCUT2D eigenvalue weighted by Crippen LogP contribution is -2.45. The predicted molar refractivity (Wildman–Crippen MR) is 77.6 cm³/mol. The minimum atomic E-state index is -0.230. The van der Waals surface area contributed by atoms with Crippen LogP contribution < -0.4 is 10.1 Å². The monoisotopic (exact) mass is 305 g/mol. The van der Waals surface area contributed by atoms with Crippen LogP contribution in [0.15, 0.2) is 24.9 Å². The van der Waals surface area contributed by atoms with Gasteiger partial charge in [0.05, 0.1) is 44.2 Å². The number of hydrogen-bond acceptors (Lipinski definition) is 5. The fourth-order valence-corrected chi connectivity index (χ4v) is 2.36. The molecule has 1 saturated heterocycles. The molecular formula is C14H19N5O3. The van der Waals surface area contributed by atoms with Gasteiger partial charge in [-0.1, -0.05) is 0 Å². The minimum Gasteiger partial charge on any atom is -0.482 e. The third-order valence-electron chi connectivity index (χ3n) is 3.62. The van der Waals surface area contributed by atoms with Crippen molar-refractivity contribution in [2.24, 2.45) is 7.05 Å². The molecule has 1 fully saturated rings. The molecule has 2 aromatic rings. The molecule has 0 aliphatic carbocycles. The normalized spacial score (nSPS) is 21.0. The van der Waals surface area contributed by atoms with Crippen molar-refractivity contribution in [2.75, 3.05) is 13.2 Å². The minimum absolute atomic E-state index is 0.187. The average molecular weight is 305 g/mol. The smallest absolute Gasteiger partial charge is 0.269 e. The second-order valence-corrected chi connectivity index (χ2v) is 5.20. The van der Waals surface area contributed by atoms with E-state index in [2.05, 4.69) is 15.4 Å². The number of aromatic nitrogens is 4. The van der Waals surface area contributed by atoms with Crippen LogP contribution in [0, 0.1) is 0 Å². The maximum absolute atomic E-state index is 12.2. The van der Waals surface area contributed by atoms with Crippen LogP contribution in [0.1, 0.15) is 17.4 Å². The second kappa shape index (κ2) is 6.18. The fraction of sp³-hybridized carbons (Fsp3) is 0.500.